The van der Waals surface area contributed by atoms with Gasteiger partial charge in [-0.2, -0.15) is 0 Å². The van der Waals surface area contributed by atoms with E-state index in [4.69, 9.17) is 9.47 Å². The van der Waals surface area contributed by atoms with Crippen LogP contribution in [0.15, 0.2) is 83.9 Å². The monoisotopic (exact) mass is 410 g/mol. The molecule has 0 saturated carbocycles. The molecule has 3 aromatic carbocycles. The van der Waals surface area contributed by atoms with Gasteiger partial charge in [0.15, 0.2) is 11.5 Å². The van der Waals surface area contributed by atoms with Crippen molar-refractivity contribution >= 4 is 17.6 Å². The van der Waals surface area contributed by atoms with E-state index < -0.39 is 0 Å². The van der Waals surface area contributed by atoms with Crippen LogP contribution < -0.4 is 14.8 Å². The normalized spacial score (nSPS) is 21.4. The summed E-state index contributed by atoms with van der Waals surface area (Å²) in [6.45, 7) is 0. The number of rotatable bonds is 5. The van der Waals surface area contributed by atoms with Crippen LogP contribution in [0, 0.1) is 5.92 Å². The van der Waals surface area contributed by atoms with E-state index in [1.54, 1.807) is 14.2 Å². The lowest BCUT2D eigenvalue weighted by Gasteiger charge is -2.37. The molecule has 0 unspecified atom stereocenters. The number of aliphatic imine (C=N–C) groups is 1. The molecule has 156 valence electrons. The van der Waals surface area contributed by atoms with Crippen LogP contribution in [0.3, 0.4) is 0 Å². The maximum Gasteiger partial charge on any atom is 0.161 e. The Kier molecular flexibility index (Phi) is 5.21. The lowest BCUT2D eigenvalue weighted by molar-refractivity contribution is 0.355. The predicted molar refractivity (Wildman–Crippen MR) is 126 cm³/mol. The van der Waals surface area contributed by atoms with Gasteiger partial charge in [0.25, 0.3) is 0 Å². The zero-order valence-corrected chi connectivity index (χ0v) is 17.8. The predicted octanol–water partition coefficient (Wildman–Crippen LogP) is 6.28. The second kappa shape index (κ2) is 8.31. The Bertz CT molecular complexity index is 1130. The number of methoxy groups -OCH3 is 2. The van der Waals surface area contributed by atoms with E-state index in [0.29, 0.717) is 29.4 Å². The number of benzene rings is 3. The van der Waals surface area contributed by atoms with Gasteiger partial charge in [-0.1, -0.05) is 42.5 Å². The van der Waals surface area contributed by atoms with Crippen molar-refractivity contribution in [1.82, 2.24) is 0 Å². The van der Waals surface area contributed by atoms with Crippen LogP contribution in [0.25, 0.3) is 0 Å². The first-order chi connectivity index (χ1) is 15.3. The standard InChI is InChI=1S/C27H26N2O2/c1-30-25-15-10-18(16-26(25)31-2)17-28-20-13-11-19(12-14-20)27-23-8-5-7-21(23)22-6-3-4-9-24(22)29-27/h3-7,9-17,21,23,27,29H,8H2,1-2H3/t21-,23+,27-/m0/s1. The SMILES string of the molecule is COc1ccc(C=Nc2ccc([C@@H]3Nc4ccccc4[C@@H]4C=CC[C@H]43)cc2)cc1OC. The number of anilines is 1. The smallest absolute Gasteiger partial charge is 0.161 e. The quantitative estimate of drug-likeness (QED) is 0.397. The minimum atomic E-state index is 0.304. The number of hydrogen-bond donors (Lipinski definition) is 1. The first-order valence-corrected chi connectivity index (χ1v) is 10.6. The molecule has 0 amide bonds. The fourth-order valence-corrected chi connectivity index (χ4v) is 4.72. The number of ether oxygens (including phenoxy) is 2. The lowest BCUT2D eigenvalue weighted by atomic mass is 9.77. The van der Waals surface area contributed by atoms with Gasteiger partial charge in [0.2, 0.25) is 0 Å². The molecule has 0 spiro atoms. The molecule has 0 saturated heterocycles. The second-order valence-corrected chi connectivity index (χ2v) is 8.03. The molecule has 1 aliphatic carbocycles. The van der Waals surface area contributed by atoms with Gasteiger partial charge in [0, 0.05) is 17.8 Å². The van der Waals surface area contributed by atoms with E-state index in [-0.39, 0.29) is 0 Å². The summed E-state index contributed by atoms with van der Waals surface area (Å²) in [5, 5.41) is 3.78. The summed E-state index contributed by atoms with van der Waals surface area (Å²) >= 11 is 0. The Balaban J connectivity index is 1.35. The van der Waals surface area contributed by atoms with E-state index in [9.17, 15) is 0 Å². The highest BCUT2D eigenvalue weighted by molar-refractivity contribution is 5.83. The maximum atomic E-state index is 5.37. The van der Waals surface area contributed by atoms with Crippen molar-refractivity contribution in [1.29, 1.82) is 0 Å². The van der Waals surface area contributed by atoms with Gasteiger partial charge in [0.05, 0.1) is 25.9 Å². The zero-order valence-electron chi connectivity index (χ0n) is 17.8. The molecule has 0 aromatic heterocycles. The van der Waals surface area contributed by atoms with Gasteiger partial charge in [-0.3, -0.25) is 4.99 Å². The molecular formula is C27H26N2O2. The molecule has 3 atom stereocenters. The molecule has 0 radical (unpaired) electrons. The van der Waals surface area contributed by atoms with Gasteiger partial charge in [-0.15, -0.1) is 0 Å². The lowest BCUT2D eigenvalue weighted by Crippen LogP contribution is -2.28. The van der Waals surface area contributed by atoms with Crippen molar-refractivity contribution in [3.8, 4) is 11.5 Å². The molecule has 1 N–H and O–H groups in total. The molecule has 2 aliphatic rings. The molecule has 1 aliphatic heterocycles. The first kappa shape index (κ1) is 19.4. The van der Waals surface area contributed by atoms with Crippen molar-refractivity contribution < 1.29 is 9.47 Å². The highest BCUT2D eigenvalue weighted by Crippen LogP contribution is 2.49. The third kappa shape index (κ3) is 3.70. The number of nitrogens with zero attached hydrogens (tertiary/aromatic N) is 1. The van der Waals surface area contributed by atoms with Crippen molar-refractivity contribution in [2.75, 3.05) is 19.5 Å². The van der Waals surface area contributed by atoms with Crippen LogP contribution in [0.5, 0.6) is 11.5 Å². The molecule has 5 rings (SSSR count). The molecule has 0 fully saturated rings. The summed E-state index contributed by atoms with van der Waals surface area (Å²) < 4.78 is 10.7. The Hall–Kier alpha value is -3.53. The second-order valence-electron chi connectivity index (χ2n) is 8.03. The van der Waals surface area contributed by atoms with Crippen LogP contribution in [0.2, 0.25) is 0 Å². The third-order valence-corrected chi connectivity index (χ3v) is 6.29. The Labute approximate surface area is 183 Å². The van der Waals surface area contributed by atoms with E-state index >= 15 is 0 Å². The molecule has 3 aromatic rings. The van der Waals surface area contributed by atoms with E-state index in [2.05, 4.69) is 71.0 Å². The van der Waals surface area contributed by atoms with E-state index in [1.165, 1.54) is 16.8 Å². The summed E-state index contributed by atoms with van der Waals surface area (Å²) in [5.74, 6) is 2.46. The number of allylic oxidation sites excluding steroid dienone is 2. The van der Waals surface area contributed by atoms with Crippen LogP contribution in [0.4, 0.5) is 11.4 Å². The highest BCUT2D eigenvalue weighted by Gasteiger charge is 2.37. The van der Waals surface area contributed by atoms with Gasteiger partial charge in [-0.25, -0.2) is 0 Å². The van der Waals surface area contributed by atoms with E-state index in [0.717, 1.165) is 17.7 Å². The summed E-state index contributed by atoms with van der Waals surface area (Å²) in [6.07, 6.45) is 7.66. The molecule has 31 heavy (non-hydrogen) atoms. The van der Waals surface area contributed by atoms with Crippen LogP contribution in [-0.4, -0.2) is 20.4 Å². The van der Waals surface area contributed by atoms with E-state index in [1.807, 2.05) is 24.4 Å². The number of fused-ring (bicyclic) bond motifs is 3. The van der Waals surface area contributed by atoms with Crippen molar-refractivity contribution in [2.45, 2.75) is 18.4 Å². The van der Waals surface area contributed by atoms with Gasteiger partial charge < -0.3 is 14.8 Å². The van der Waals surface area contributed by atoms with Gasteiger partial charge >= 0.3 is 0 Å². The van der Waals surface area contributed by atoms with Gasteiger partial charge in [0.1, 0.15) is 0 Å². The molecule has 0 bridgehead atoms. The molecule has 4 nitrogen and oxygen atoms in total. The zero-order chi connectivity index (χ0) is 21.2. The molecule has 4 heteroatoms. The number of hydrogen-bond acceptors (Lipinski definition) is 4. The number of para-hydroxylation sites is 1. The third-order valence-electron chi connectivity index (χ3n) is 6.29. The fourth-order valence-electron chi connectivity index (χ4n) is 4.72. The summed E-state index contributed by atoms with van der Waals surface area (Å²) in [5.41, 5.74) is 5.85. The summed E-state index contributed by atoms with van der Waals surface area (Å²) in [7, 11) is 3.27. The van der Waals surface area contributed by atoms with Crippen molar-refractivity contribution in [3.05, 3.63) is 95.6 Å². The van der Waals surface area contributed by atoms with Gasteiger partial charge in [-0.05, 0) is 65.4 Å². The minimum absolute atomic E-state index is 0.304. The Morgan fingerprint density at radius 3 is 2.55 bits per heavy atom. The van der Waals surface area contributed by atoms with Crippen molar-refractivity contribution in [2.24, 2.45) is 10.9 Å². The summed E-state index contributed by atoms with van der Waals surface area (Å²) in [4.78, 5) is 4.64. The minimum Gasteiger partial charge on any atom is -0.493 e. The van der Waals surface area contributed by atoms with Crippen molar-refractivity contribution in [3.63, 3.8) is 0 Å². The fraction of sp³-hybridized carbons (Fsp3) is 0.222. The Morgan fingerprint density at radius 2 is 1.74 bits per heavy atom. The number of nitrogens with one attached hydrogen (secondary N) is 1. The molecule has 1 heterocycles. The van der Waals surface area contributed by atoms with Crippen LogP contribution >= 0.6 is 0 Å². The maximum absolute atomic E-state index is 5.37. The first-order valence-electron chi connectivity index (χ1n) is 10.6. The molecular weight excluding hydrogens is 384 g/mol. The Morgan fingerprint density at radius 1 is 0.935 bits per heavy atom. The van der Waals surface area contributed by atoms with Crippen LogP contribution in [-0.2, 0) is 0 Å². The highest BCUT2D eigenvalue weighted by atomic mass is 16.5. The topological polar surface area (TPSA) is 42.8 Å². The average molecular weight is 411 g/mol. The van der Waals surface area contributed by atoms with Crippen LogP contribution in [0.1, 0.15) is 35.1 Å². The largest absolute Gasteiger partial charge is 0.493 e. The summed E-state index contributed by atoms with van der Waals surface area (Å²) in [6, 6.07) is 23.3. The average Bonchev–Trinajstić information content (AvgIpc) is 3.33.